The van der Waals surface area contributed by atoms with Crippen molar-refractivity contribution in [3.8, 4) is 17.2 Å². The van der Waals surface area contributed by atoms with E-state index in [-0.39, 0.29) is 12.5 Å². The largest absolute Gasteiger partial charge is 0.497 e. The first-order valence-corrected chi connectivity index (χ1v) is 8.42. The molecule has 1 atom stereocenters. The Morgan fingerprint density at radius 2 is 1.70 bits per heavy atom. The van der Waals surface area contributed by atoms with Crippen molar-refractivity contribution in [1.29, 1.82) is 0 Å². The highest BCUT2D eigenvalue weighted by Crippen LogP contribution is 2.24. The number of carbonyl (C=O) groups is 1. The van der Waals surface area contributed by atoms with Crippen molar-refractivity contribution in [2.75, 3.05) is 13.7 Å². The zero-order valence-electron chi connectivity index (χ0n) is 15.1. The summed E-state index contributed by atoms with van der Waals surface area (Å²) in [4.78, 5) is 16.3. The second kappa shape index (κ2) is 8.37. The summed E-state index contributed by atoms with van der Waals surface area (Å²) in [5.74, 6) is 2.26. The fourth-order valence-corrected chi connectivity index (χ4v) is 2.54. The fourth-order valence-electron chi connectivity index (χ4n) is 2.54. The number of aryl methyl sites for hydroxylation is 1. The van der Waals surface area contributed by atoms with Crippen LogP contribution in [-0.2, 0) is 7.05 Å². The predicted octanol–water partition coefficient (Wildman–Crippen LogP) is 2.68. The number of rotatable bonds is 7. The van der Waals surface area contributed by atoms with Crippen LogP contribution in [0.5, 0.6) is 17.2 Å². The zero-order valence-corrected chi connectivity index (χ0v) is 15.1. The van der Waals surface area contributed by atoms with Gasteiger partial charge in [0.15, 0.2) is 0 Å². The van der Waals surface area contributed by atoms with Crippen LogP contribution in [-0.4, -0.2) is 34.2 Å². The molecular weight excluding hydrogens is 346 g/mol. The zero-order chi connectivity index (χ0) is 19.2. The summed E-state index contributed by atoms with van der Waals surface area (Å²) < 4.78 is 12.6. The molecule has 0 unspecified atom stereocenters. The summed E-state index contributed by atoms with van der Waals surface area (Å²) in [6, 6.07) is 14.0. The van der Waals surface area contributed by atoms with Gasteiger partial charge in [-0.2, -0.15) is 0 Å². The van der Waals surface area contributed by atoms with Gasteiger partial charge in [-0.25, -0.2) is 4.98 Å². The quantitative estimate of drug-likeness (QED) is 0.671. The van der Waals surface area contributed by atoms with Gasteiger partial charge in [0.05, 0.1) is 13.7 Å². The number of amides is 1. The van der Waals surface area contributed by atoms with E-state index in [0.717, 1.165) is 5.75 Å². The Labute approximate surface area is 157 Å². The van der Waals surface area contributed by atoms with Crippen LogP contribution in [0.2, 0.25) is 0 Å². The molecule has 3 rings (SSSR count). The van der Waals surface area contributed by atoms with Gasteiger partial charge in [-0.15, -0.1) is 0 Å². The lowest BCUT2D eigenvalue weighted by Gasteiger charge is -2.12. The number of nitrogens with one attached hydrogen (secondary N) is 1. The standard InChI is InChI=1S/C20H21N3O4/c1-23-12-11-21-19(23)18(24)13-22-20(25)14-3-5-16(6-4-14)27-17-9-7-15(26-2)8-10-17/h3-12,18,24H,13H2,1-2H3,(H,22,25)/t18-/m1/s1. The van der Waals surface area contributed by atoms with Gasteiger partial charge in [0.2, 0.25) is 0 Å². The maximum Gasteiger partial charge on any atom is 0.251 e. The Balaban J connectivity index is 1.56. The highest BCUT2D eigenvalue weighted by Gasteiger charge is 2.14. The molecule has 0 aliphatic heterocycles. The van der Waals surface area contributed by atoms with Gasteiger partial charge in [-0.1, -0.05) is 0 Å². The van der Waals surface area contributed by atoms with Gasteiger partial charge >= 0.3 is 0 Å². The number of methoxy groups -OCH3 is 1. The minimum Gasteiger partial charge on any atom is -0.497 e. The molecule has 1 amide bonds. The molecule has 3 aromatic rings. The number of aromatic nitrogens is 2. The molecular formula is C20H21N3O4. The monoisotopic (exact) mass is 367 g/mol. The molecule has 0 saturated heterocycles. The van der Waals surface area contributed by atoms with Crippen LogP contribution in [0, 0.1) is 0 Å². The van der Waals surface area contributed by atoms with Crippen molar-refractivity contribution in [2.45, 2.75) is 6.10 Å². The third-order valence-corrected chi connectivity index (χ3v) is 4.02. The Hall–Kier alpha value is -3.32. The molecule has 0 fully saturated rings. The molecule has 0 aliphatic rings. The number of imidazole rings is 1. The van der Waals surface area contributed by atoms with Crippen molar-refractivity contribution < 1.29 is 19.4 Å². The molecule has 7 heteroatoms. The number of aliphatic hydroxyl groups is 1. The normalized spacial score (nSPS) is 11.7. The number of nitrogens with zero attached hydrogens (tertiary/aromatic N) is 2. The molecule has 2 aromatic carbocycles. The van der Waals surface area contributed by atoms with Gasteiger partial charge in [0.1, 0.15) is 29.2 Å². The van der Waals surface area contributed by atoms with Crippen molar-refractivity contribution >= 4 is 5.91 Å². The smallest absolute Gasteiger partial charge is 0.251 e. The average molecular weight is 367 g/mol. The lowest BCUT2D eigenvalue weighted by atomic mass is 10.2. The summed E-state index contributed by atoms with van der Waals surface area (Å²) in [5.41, 5.74) is 0.476. The predicted molar refractivity (Wildman–Crippen MR) is 100 cm³/mol. The van der Waals surface area contributed by atoms with Crippen molar-refractivity contribution in [2.24, 2.45) is 7.05 Å². The number of ether oxygens (including phenoxy) is 2. The van der Waals surface area contributed by atoms with Crippen LogP contribution in [0.1, 0.15) is 22.3 Å². The number of hydrogen-bond donors (Lipinski definition) is 2. The molecule has 0 spiro atoms. The summed E-state index contributed by atoms with van der Waals surface area (Å²) in [5, 5.41) is 12.8. The Morgan fingerprint density at radius 3 is 2.26 bits per heavy atom. The second-order valence-corrected chi connectivity index (χ2v) is 5.92. The minimum absolute atomic E-state index is 0.0772. The van der Waals surface area contributed by atoms with Crippen LogP contribution in [0.25, 0.3) is 0 Å². The lowest BCUT2D eigenvalue weighted by molar-refractivity contribution is 0.0909. The molecule has 0 radical (unpaired) electrons. The van der Waals surface area contributed by atoms with Crippen molar-refractivity contribution in [3.05, 3.63) is 72.3 Å². The number of hydrogen-bond acceptors (Lipinski definition) is 5. The molecule has 0 saturated carbocycles. The molecule has 140 valence electrons. The first kappa shape index (κ1) is 18.5. The fraction of sp³-hybridized carbons (Fsp3) is 0.200. The van der Waals surface area contributed by atoms with Gasteiger partial charge in [-0.3, -0.25) is 4.79 Å². The highest BCUT2D eigenvalue weighted by atomic mass is 16.5. The van der Waals surface area contributed by atoms with Crippen molar-refractivity contribution in [1.82, 2.24) is 14.9 Å². The SMILES string of the molecule is COc1ccc(Oc2ccc(C(=O)NC[C@@H](O)c3nccn3C)cc2)cc1. The van der Waals surface area contributed by atoms with Gasteiger partial charge in [0, 0.05) is 25.0 Å². The molecule has 1 heterocycles. The maximum atomic E-state index is 12.2. The highest BCUT2D eigenvalue weighted by molar-refractivity contribution is 5.94. The Kier molecular flexibility index (Phi) is 5.73. The van der Waals surface area contributed by atoms with Gasteiger partial charge < -0.3 is 24.5 Å². The van der Waals surface area contributed by atoms with E-state index in [9.17, 15) is 9.90 Å². The van der Waals surface area contributed by atoms with Crippen LogP contribution >= 0.6 is 0 Å². The summed E-state index contributed by atoms with van der Waals surface area (Å²) >= 11 is 0. The minimum atomic E-state index is -0.869. The lowest BCUT2D eigenvalue weighted by Crippen LogP contribution is -2.29. The molecule has 1 aromatic heterocycles. The van der Waals surface area contributed by atoms with Crippen molar-refractivity contribution in [3.63, 3.8) is 0 Å². The van der Waals surface area contributed by atoms with Crippen LogP contribution < -0.4 is 14.8 Å². The Bertz CT molecular complexity index is 888. The first-order chi connectivity index (χ1) is 13.1. The molecule has 0 aliphatic carbocycles. The van der Waals surface area contributed by atoms with Crippen LogP contribution in [0.3, 0.4) is 0 Å². The van der Waals surface area contributed by atoms with E-state index >= 15 is 0 Å². The third kappa shape index (κ3) is 4.65. The van der Waals surface area contributed by atoms with Crippen LogP contribution in [0.4, 0.5) is 0 Å². The van der Waals surface area contributed by atoms with E-state index in [2.05, 4.69) is 10.3 Å². The average Bonchev–Trinajstić information content (AvgIpc) is 3.13. The number of benzene rings is 2. The third-order valence-electron chi connectivity index (χ3n) is 4.02. The summed E-state index contributed by atoms with van der Waals surface area (Å²) in [7, 11) is 3.39. The van der Waals surface area contributed by atoms with E-state index < -0.39 is 6.10 Å². The van der Waals surface area contributed by atoms with E-state index in [1.807, 2.05) is 12.1 Å². The molecule has 0 bridgehead atoms. The molecule has 7 nitrogen and oxygen atoms in total. The van der Waals surface area contributed by atoms with Crippen LogP contribution in [0.15, 0.2) is 60.9 Å². The van der Waals surface area contributed by atoms with E-state index in [4.69, 9.17) is 9.47 Å². The van der Waals surface area contributed by atoms with E-state index in [1.165, 1.54) is 0 Å². The number of carbonyl (C=O) groups excluding carboxylic acids is 1. The van der Waals surface area contributed by atoms with Gasteiger partial charge in [-0.05, 0) is 48.5 Å². The summed E-state index contributed by atoms with van der Waals surface area (Å²) in [6.45, 7) is 0.0772. The first-order valence-electron chi connectivity index (χ1n) is 8.42. The molecule has 27 heavy (non-hydrogen) atoms. The van der Waals surface area contributed by atoms with E-state index in [0.29, 0.717) is 22.9 Å². The molecule has 2 N–H and O–H groups in total. The maximum absolute atomic E-state index is 12.2. The second-order valence-electron chi connectivity index (χ2n) is 5.92. The van der Waals surface area contributed by atoms with E-state index in [1.54, 1.807) is 67.5 Å². The van der Waals surface area contributed by atoms with Gasteiger partial charge in [0.25, 0.3) is 5.91 Å². The Morgan fingerprint density at radius 1 is 1.11 bits per heavy atom. The number of aliphatic hydroxyl groups excluding tert-OH is 1. The summed E-state index contributed by atoms with van der Waals surface area (Å²) in [6.07, 6.45) is 2.47. The topological polar surface area (TPSA) is 85.6 Å².